The molecule has 2 atom stereocenters. The minimum atomic E-state index is -5.41. The number of rotatable bonds is 4. The quantitative estimate of drug-likeness (QED) is 0.388. The topological polar surface area (TPSA) is 97.4 Å². The van der Waals surface area contributed by atoms with Crippen LogP contribution in [-0.2, 0) is 20.8 Å². The van der Waals surface area contributed by atoms with E-state index in [0.29, 0.717) is 5.57 Å². The Balaban J connectivity index is 2.64. The second-order valence-corrected chi connectivity index (χ2v) is 13.4. The van der Waals surface area contributed by atoms with Gasteiger partial charge in [-0.3, -0.25) is 0 Å². The average Bonchev–Trinajstić information content (AvgIpc) is 2.42. The first-order chi connectivity index (χ1) is 8.24. The summed E-state index contributed by atoms with van der Waals surface area (Å²) in [6.07, 6.45) is 0.256. The van der Waals surface area contributed by atoms with Crippen molar-refractivity contribution in [2.75, 3.05) is 11.6 Å². The summed E-state index contributed by atoms with van der Waals surface area (Å²) < 4.78 is 47.3. The van der Waals surface area contributed by atoms with Gasteiger partial charge in [-0.2, -0.15) is 0 Å². The SMILES string of the molecule is CCS(=O)(=O)[C@]12C(=O)N[C@H]1C(CCCl)=C[Te]2(=O)=O. The third-order valence-corrected chi connectivity index (χ3v) is 14.7. The number of alkyl halides is 1. The molecule has 1 N–H and O–H groups in total. The van der Waals surface area contributed by atoms with Crippen LogP contribution in [0.2, 0.25) is 0 Å². The number of sulfone groups is 1. The second-order valence-electron chi connectivity index (χ2n) is 4.15. The van der Waals surface area contributed by atoms with Crippen LogP contribution in [-0.4, -0.2) is 52.9 Å². The summed E-state index contributed by atoms with van der Waals surface area (Å²) in [5, 5.41) is 2.38. The van der Waals surface area contributed by atoms with E-state index < -0.39 is 42.7 Å². The zero-order chi connectivity index (χ0) is 13.8. The molecule has 1 amide bonds. The molecular formula is C9H12ClNO5STe. The van der Waals surface area contributed by atoms with Gasteiger partial charge in [0.25, 0.3) is 0 Å². The van der Waals surface area contributed by atoms with E-state index in [4.69, 9.17) is 11.6 Å². The monoisotopic (exact) mass is 411 g/mol. The van der Waals surface area contributed by atoms with Crippen LogP contribution in [0.15, 0.2) is 9.70 Å². The maximum absolute atomic E-state index is 12.2. The van der Waals surface area contributed by atoms with Crippen molar-refractivity contribution in [3.05, 3.63) is 9.70 Å². The van der Waals surface area contributed by atoms with E-state index in [1.807, 2.05) is 0 Å². The molecule has 2 heterocycles. The summed E-state index contributed by atoms with van der Waals surface area (Å²) in [5.74, 6) is -1.11. The minimum absolute atomic E-state index is 0.180. The third-order valence-electron chi connectivity index (χ3n) is 3.30. The average molecular weight is 409 g/mol. The van der Waals surface area contributed by atoms with E-state index >= 15 is 0 Å². The summed E-state index contributed by atoms with van der Waals surface area (Å²) in [6, 6.07) is -0.940. The van der Waals surface area contributed by atoms with Gasteiger partial charge in [0.1, 0.15) is 0 Å². The Labute approximate surface area is 113 Å². The number of fused-ring (bicyclic) bond motifs is 1. The zero-order valence-corrected chi connectivity index (χ0v) is 13.4. The number of β-lactam (4-membered cyclic amide) rings is 1. The number of amides is 1. The molecule has 0 aromatic heterocycles. The van der Waals surface area contributed by atoms with Crippen molar-refractivity contribution < 1.29 is 19.4 Å². The molecule has 0 saturated carbocycles. The van der Waals surface area contributed by atoms with Gasteiger partial charge >= 0.3 is 114 Å². The molecule has 102 valence electrons. The van der Waals surface area contributed by atoms with E-state index in [1.54, 1.807) is 0 Å². The van der Waals surface area contributed by atoms with Crippen LogP contribution in [0.25, 0.3) is 0 Å². The van der Waals surface area contributed by atoms with Gasteiger partial charge in [-0.25, -0.2) is 0 Å². The van der Waals surface area contributed by atoms with Crippen LogP contribution >= 0.6 is 11.6 Å². The van der Waals surface area contributed by atoms with Crippen LogP contribution in [0.5, 0.6) is 0 Å². The Morgan fingerprint density at radius 2 is 2.11 bits per heavy atom. The van der Waals surface area contributed by atoms with Gasteiger partial charge in [0.15, 0.2) is 0 Å². The molecular weight excluding hydrogens is 397 g/mol. The molecule has 0 aromatic carbocycles. The van der Waals surface area contributed by atoms with Gasteiger partial charge in [0.2, 0.25) is 0 Å². The molecule has 1 fully saturated rings. The number of carbonyl (C=O) groups excluding carboxylic acids is 1. The summed E-state index contributed by atoms with van der Waals surface area (Å²) in [6.45, 7) is 1.34. The van der Waals surface area contributed by atoms with Gasteiger partial charge in [0, 0.05) is 0 Å². The van der Waals surface area contributed by atoms with E-state index in [2.05, 4.69) is 5.32 Å². The normalized spacial score (nSPS) is 33.3. The first-order valence-corrected chi connectivity index (χ1v) is 11.9. The molecule has 0 spiro atoms. The first-order valence-electron chi connectivity index (χ1n) is 5.29. The van der Waals surface area contributed by atoms with Gasteiger partial charge in [-0.1, -0.05) is 0 Å². The molecule has 2 aliphatic heterocycles. The van der Waals surface area contributed by atoms with Gasteiger partial charge < -0.3 is 0 Å². The standard InChI is InChI=1S/C9H12ClNO5STe/c1-2-17(13,14)9-7(11-8(9)12)6(3-4-10)5-18(9,15)16/h5,7H,2-4H2,1H3,(H,11,12)/t7-,9+/m0/s1. The number of halogens is 1. The maximum atomic E-state index is 12.2. The first kappa shape index (κ1) is 14.3. The molecule has 0 bridgehead atoms. The predicted octanol–water partition coefficient (Wildman–Crippen LogP) is -0.391. The van der Waals surface area contributed by atoms with Crippen molar-refractivity contribution in [3.8, 4) is 0 Å². The van der Waals surface area contributed by atoms with Crippen molar-refractivity contribution in [1.82, 2.24) is 5.32 Å². The number of hydrogen-bond donors (Lipinski definition) is 1. The Hall–Kier alpha value is -0.160. The predicted molar refractivity (Wildman–Crippen MR) is 64.7 cm³/mol. The molecule has 1 saturated heterocycles. The Morgan fingerprint density at radius 1 is 1.50 bits per heavy atom. The second kappa shape index (κ2) is 4.17. The number of nitrogens with one attached hydrogen (secondary N) is 1. The number of hydrogen-bond acceptors (Lipinski definition) is 5. The van der Waals surface area contributed by atoms with E-state index in [1.165, 1.54) is 6.92 Å². The van der Waals surface area contributed by atoms with Crippen molar-refractivity contribution in [2.45, 2.75) is 22.2 Å². The van der Waals surface area contributed by atoms with Crippen molar-refractivity contribution in [2.24, 2.45) is 0 Å². The summed E-state index contributed by atoms with van der Waals surface area (Å²) >= 11 is 0.147. The fraction of sp³-hybridized carbons (Fsp3) is 0.667. The molecule has 0 radical (unpaired) electrons. The van der Waals surface area contributed by atoms with Gasteiger partial charge in [-0.05, 0) is 0 Å². The summed E-state index contributed by atoms with van der Waals surface area (Å²) in [5.41, 5.74) is 0.396. The Kier molecular flexibility index (Phi) is 3.30. The number of carbonyl (C=O) groups is 1. The van der Waals surface area contributed by atoms with Crippen molar-refractivity contribution in [1.29, 1.82) is 0 Å². The fourth-order valence-electron chi connectivity index (χ4n) is 2.39. The van der Waals surface area contributed by atoms with Crippen LogP contribution < -0.4 is 5.32 Å². The van der Waals surface area contributed by atoms with Crippen LogP contribution in [0.3, 0.4) is 0 Å². The van der Waals surface area contributed by atoms with Crippen molar-refractivity contribution >= 4 is 45.5 Å². The van der Waals surface area contributed by atoms with Gasteiger partial charge in [-0.15, -0.1) is 0 Å². The molecule has 18 heavy (non-hydrogen) atoms. The van der Waals surface area contributed by atoms with Gasteiger partial charge in [0.05, 0.1) is 0 Å². The molecule has 6 nitrogen and oxygen atoms in total. The van der Waals surface area contributed by atoms with Crippen LogP contribution in [0, 0.1) is 0 Å². The molecule has 0 aromatic rings. The van der Waals surface area contributed by atoms with Crippen LogP contribution in [0.1, 0.15) is 13.3 Å². The Bertz CT molecular complexity index is 638. The van der Waals surface area contributed by atoms with E-state index in [-0.39, 0.29) is 18.1 Å². The van der Waals surface area contributed by atoms with Crippen molar-refractivity contribution in [3.63, 3.8) is 0 Å². The zero-order valence-electron chi connectivity index (χ0n) is 9.51. The molecule has 2 aliphatic rings. The van der Waals surface area contributed by atoms with Crippen LogP contribution in [0.4, 0.5) is 0 Å². The van der Waals surface area contributed by atoms with E-state index in [0.717, 1.165) is 4.12 Å². The fourth-order valence-corrected chi connectivity index (χ4v) is 13.5. The molecule has 9 heteroatoms. The third kappa shape index (κ3) is 1.46. The molecule has 0 unspecified atom stereocenters. The summed E-state index contributed by atoms with van der Waals surface area (Å²) in [4.78, 5) is 11.7. The molecule has 2 rings (SSSR count). The van der Waals surface area contributed by atoms with E-state index in [9.17, 15) is 19.4 Å². The summed E-state index contributed by atoms with van der Waals surface area (Å²) in [7, 11) is -4.02. The Morgan fingerprint density at radius 3 is 2.56 bits per heavy atom. The molecule has 0 aliphatic carbocycles.